The molecule has 0 aromatic heterocycles. The third-order valence-electron chi connectivity index (χ3n) is 5.96. The van der Waals surface area contributed by atoms with E-state index in [4.69, 9.17) is 4.74 Å². The van der Waals surface area contributed by atoms with E-state index in [1.807, 2.05) is 45.9 Å². The van der Waals surface area contributed by atoms with Crippen LogP contribution in [0.15, 0.2) is 30.9 Å². The van der Waals surface area contributed by atoms with E-state index in [0.717, 1.165) is 36.0 Å². The maximum atomic E-state index is 14.0. The minimum atomic E-state index is -0.859. The van der Waals surface area contributed by atoms with Gasteiger partial charge in [-0.3, -0.25) is 9.59 Å². The molecule has 0 bridgehead atoms. The van der Waals surface area contributed by atoms with E-state index in [0.29, 0.717) is 13.0 Å². The fourth-order valence-corrected chi connectivity index (χ4v) is 4.08. The van der Waals surface area contributed by atoms with Crippen LogP contribution in [0, 0.1) is 19.8 Å². The number of rotatable bonds is 13. The van der Waals surface area contributed by atoms with Crippen molar-refractivity contribution < 1.29 is 19.1 Å². The largest absolute Gasteiger partial charge is 0.444 e. The molecule has 36 heavy (non-hydrogen) atoms. The Labute approximate surface area is 218 Å². The lowest BCUT2D eigenvalue weighted by Gasteiger charge is -2.35. The molecule has 0 fully saturated rings. The van der Waals surface area contributed by atoms with Crippen LogP contribution in [-0.4, -0.2) is 47.5 Å². The van der Waals surface area contributed by atoms with E-state index in [-0.39, 0.29) is 24.3 Å². The first-order valence-corrected chi connectivity index (χ1v) is 13.1. The topological polar surface area (TPSA) is 87.7 Å². The molecular weight excluding hydrogens is 454 g/mol. The standard InChI is InChI=1S/C29H47N3O4/c1-10-13-14-15-30-26(33)25(23-18-20(4)17-21(5)19-23)32(16-11-2)27(34)24(22(6)12-3)31-28(35)36-29(7,8)9/h11,17-19,22,24-25H,2,10,12-16H2,1,3-9H3,(H,30,33)(H,31,35). The van der Waals surface area contributed by atoms with Gasteiger partial charge in [0.25, 0.3) is 0 Å². The van der Waals surface area contributed by atoms with Crippen LogP contribution in [0.4, 0.5) is 4.79 Å². The van der Waals surface area contributed by atoms with Crippen LogP contribution < -0.4 is 10.6 Å². The molecule has 0 radical (unpaired) electrons. The quantitative estimate of drug-likeness (QED) is 0.272. The fraction of sp³-hybridized carbons (Fsp3) is 0.621. The van der Waals surface area contributed by atoms with Crippen LogP contribution in [0.5, 0.6) is 0 Å². The van der Waals surface area contributed by atoms with Gasteiger partial charge >= 0.3 is 6.09 Å². The van der Waals surface area contributed by atoms with Crippen LogP contribution >= 0.6 is 0 Å². The summed E-state index contributed by atoms with van der Waals surface area (Å²) in [7, 11) is 0. The number of benzene rings is 1. The number of unbranched alkanes of at least 4 members (excludes halogenated alkanes) is 2. The minimum Gasteiger partial charge on any atom is -0.444 e. The number of ether oxygens (including phenoxy) is 1. The molecule has 0 aliphatic carbocycles. The van der Waals surface area contributed by atoms with Crippen LogP contribution in [-0.2, 0) is 14.3 Å². The van der Waals surface area contributed by atoms with Crippen LogP contribution in [0.1, 0.15) is 90.0 Å². The zero-order valence-corrected chi connectivity index (χ0v) is 23.6. The van der Waals surface area contributed by atoms with Crippen LogP contribution in [0.25, 0.3) is 0 Å². The van der Waals surface area contributed by atoms with Gasteiger partial charge in [0.2, 0.25) is 11.8 Å². The molecule has 2 N–H and O–H groups in total. The number of nitrogens with one attached hydrogen (secondary N) is 2. The third kappa shape index (κ3) is 10.0. The second kappa shape index (κ2) is 14.7. The molecule has 3 unspecified atom stereocenters. The summed E-state index contributed by atoms with van der Waals surface area (Å²) >= 11 is 0. The molecule has 3 atom stereocenters. The van der Waals surface area contributed by atoms with Gasteiger partial charge < -0.3 is 20.3 Å². The van der Waals surface area contributed by atoms with Crippen molar-refractivity contribution in [3.8, 4) is 0 Å². The molecule has 0 spiro atoms. The number of carbonyl (C=O) groups excluding carboxylic acids is 3. The van der Waals surface area contributed by atoms with Gasteiger partial charge in [-0.1, -0.05) is 75.4 Å². The molecular formula is C29H47N3O4. The van der Waals surface area contributed by atoms with Crippen molar-refractivity contribution in [3.63, 3.8) is 0 Å². The number of aryl methyl sites for hydroxylation is 2. The number of hydrogen-bond acceptors (Lipinski definition) is 4. The molecule has 0 aliphatic rings. The highest BCUT2D eigenvalue weighted by Crippen LogP contribution is 2.26. The molecule has 202 valence electrons. The van der Waals surface area contributed by atoms with Gasteiger partial charge in [0.15, 0.2) is 0 Å². The number of amides is 3. The van der Waals surface area contributed by atoms with Crippen molar-refractivity contribution in [1.82, 2.24) is 15.5 Å². The molecule has 7 heteroatoms. The van der Waals surface area contributed by atoms with Gasteiger partial charge in [-0.15, -0.1) is 6.58 Å². The second-order valence-electron chi connectivity index (χ2n) is 10.6. The van der Waals surface area contributed by atoms with Crippen molar-refractivity contribution in [1.29, 1.82) is 0 Å². The second-order valence-corrected chi connectivity index (χ2v) is 10.6. The Kier molecular flexibility index (Phi) is 12.7. The first-order chi connectivity index (χ1) is 16.8. The van der Waals surface area contributed by atoms with E-state index in [9.17, 15) is 14.4 Å². The first kappa shape index (κ1) is 31.2. The monoisotopic (exact) mass is 501 g/mol. The molecule has 1 aromatic carbocycles. The van der Waals surface area contributed by atoms with Crippen LogP contribution in [0.3, 0.4) is 0 Å². The molecule has 3 amide bonds. The molecule has 0 aliphatic heterocycles. The van der Waals surface area contributed by atoms with E-state index < -0.39 is 23.8 Å². The van der Waals surface area contributed by atoms with Gasteiger partial charge in [0, 0.05) is 13.1 Å². The normalized spacial score (nSPS) is 13.8. The number of alkyl carbamates (subject to hydrolysis) is 1. The van der Waals surface area contributed by atoms with Crippen molar-refractivity contribution in [2.75, 3.05) is 13.1 Å². The van der Waals surface area contributed by atoms with Gasteiger partial charge in [-0.2, -0.15) is 0 Å². The molecule has 0 heterocycles. The maximum Gasteiger partial charge on any atom is 0.408 e. The lowest BCUT2D eigenvalue weighted by atomic mass is 9.94. The molecule has 1 aromatic rings. The summed E-state index contributed by atoms with van der Waals surface area (Å²) in [4.78, 5) is 41.8. The highest BCUT2D eigenvalue weighted by atomic mass is 16.6. The minimum absolute atomic E-state index is 0.155. The predicted molar refractivity (Wildman–Crippen MR) is 146 cm³/mol. The highest BCUT2D eigenvalue weighted by Gasteiger charge is 2.37. The van der Waals surface area contributed by atoms with Crippen LogP contribution in [0.2, 0.25) is 0 Å². The SMILES string of the molecule is C=CCN(C(=O)C(NC(=O)OC(C)(C)C)C(C)CC)C(C(=O)NCCCCC)c1cc(C)cc(C)c1. The summed E-state index contributed by atoms with van der Waals surface area (Å²) in [6, 6.07) is 4.19. The summed E-state index contributed by atoms with van der Waals surface area (Å²) in [5, 5.41) is 5.80. The van der Waals surface area contributed by atoms with Gasteiger partial charge in [0.05, 0.1) is 0 Å². The summed E-state index contributed by atoms with van der Waals surface area (Å²) < 4.78 is 5.43. The summed E-state index contributed by atoms with van der Waals surface area (Å²) in [6.45, 7) is 19.8. The molecule has 1 rings (SSSR count). The number of carbonyl (C=O) groups is 3. The molecule has 0 saturated carbocycles. The Balaban J connectivity index is 3.46. The Morgan fingerprint density at radius 2 is 1.69 bits per heavy atom. The van der Waals surface area contributed by atoms with E-state index in [1.165, 1.54) is 4.90 Å². The lowest BCUT2D eigenvalue weighted by Crippen LogP contribution is -2.55. The Morgan fingerprint density at radius 3 is 2.19 bits per heavy atom. The third-order valence-corrected chi connectivity index (χ3v) is 5.96. The van der Waals surface area contributed by atoms with Crippen molar-refractivity contribution >= 4 is 17.9 Å². The Morgan fingerprint density at radius 1 is 1.08 bits per heavy atom. The zero-order valence-electron chi connectivity index (χ0n) is 23.6. The van der Waals surface area contributed by atoms with E-state index in [1.54, 1.807) is 26.8 Å². The summed E-state index contributed by atoms with van der Waals surface area (Å²) in [6.07, 6.45) is 4.54. The van der Waals surface area contributed by atoms with Crippen molar-refractivity contribution in [2.24, 2.45) is 5.92 Å². The Hall–Kier alpha value is -2.83. The first-order valence-electron chi connectivity index (χ1n) is 13.1. The highest BCUT2D eigenvalue weighted by molar-refractivity contribution is 5.92. The number of nitrogens with zero attached hydrogens (tertiary/aromatic N) is 1. The van der Waals surface area contributed by atoms with E-state index in [2.05, 4.69) is 24.1 Å². The zero-order chi connectivity index (χ0) is 27.5. The molecule has 0 saturated heterocycles. The van der Waals surface area contributed by atoms with Gasteiger partial charge in [-0.25, -0.2) is 4.79 Å². The molecule has 7 nitrogen and oxygen atoms in total. The van der Waals surface area contributed by atoms with Crippen molar-refractivity contribution in [3.05, 3.63) is 47.5 Å². The number of hydrogen-bond donors (Lipinski definition) is 2. The van der Waals surface area contributed by atoms with Crippen molar-refractivity contribution in [2.45, 2.75) is 98.8 Å². The maximum absolute atomic E-state index is 14.0. The summed E-state index contributed by atoms with van der Waals surface area (Å²) in [5.74, 6) is -0.765. The summed E-state index contributed by atoms with van der Waals surface area (Å²) in [5.41, 5.74) is 2.04. The lowest BCUT2D eigenvalue weighted by molar-refractivity contribution is -0.142. The fourth-order valence-electron chi connectivity index (χ4n) is 4.08. The van der Waals surface area contributed by atoms with Gasteiger partial charge in [-0.05, 0) is 52.5 Å². The average molecular weight is 502 g/mol. The smallest absolute Gasteiger partial charge is 0.408 e. The predicted octanol–water partition coefficient (Wildman–Crippen LogP) is 5.60. The van der Waals surface area contributed by atoms with E-state index >= 15 is 0 Å². The van der Waals surface area contributed by atoms with Gasteiger partial charge in [0.1, 0.15) is 17.7 Å². The Bertz CT molecular complexity index is 871. The average Bonchev–Trinajstić information content (AvgIpc) is 2.77.